The van der Waals surface area contributed by atoms with E-state index in [1.807, 2.05) is 0 Å². The van der Waals surface area contributed by atoms with Crippen LogP contribution in [0.4, 0.5) is 0 Å². The molecule has 1 saturated carbocycles. The molecular formula is C10H22N2. The van der Waals surface area contributed by atoms with Crippen molar-refractivity contribution in [2.24, 2.45) is 11.1 Å². The van der Waals surface area contributed by atoms with Crippen LogP contribution in [0.5, 0.6) is 0 Å². The molecule has 1 aliphatic carbocycles. The van der Waals surface area contributed by atoms with Gasteiger partial charge < -0.3 is 11.1 Å². The zero-order valence-corrected chi connectivity index (χ0v) is 8.61. The van der Waals surface area contributed by atoms with Crippen molar-refractivity contribution in [1.82, 2.24) is 5.32 Å². The molecule has 2 heteroatoms. The molecule has 1 aliphatic rings. The van der Waals surface area contributed by atoms with E-state index < -0.39 is 0 Å². The SMILES string of the molecule is CCNC1(CN)CCC(C)(C)C1. The number of nitrogens with two attached hydrogens (primary N) is 1. The molecule has 2 nitrogen and oxygen atoms in total. The van der Waals surface area contributed by atoms with E-state index in [0.29, 0.717) is 5.41 Å². The standard InChI is InChI=1S/C10H22N2/c1-4-12-10(8-11)6-5-9(2,3)7-10/h12H,4-8,11H2,1-3H3. The molecule has 0 radical (unpaired) electrons. The predicted octanol–water partition coefficient (Wildman–Crippen LogP) is 1.50. The maximum absolute atomic E-state index is 5.81. The molecule has 72 valence electrons. The van der Waals surface area contributed by atoms with E-state index in [4.69, 9.17) is 5.73 Å². The lowest BCUT2D eigenvalue weighted by Crippen LogP contribution is -2.49. The topological polar surface area (TPSA) is 38.0 Å². The lowest BCUT2D eigenvalue weighted by atomic mass is 9.87. The van der Waals surface area contributed by atoms with Crippen LogP contribution in [-0.2, 0) is 0 Å². The second-order valence-corrected chi connectivity index (χ2v) is 4.86. The molecule has 1 atom stereocenters. The molecule has 0 aromatic rings. The molecule has 0 aromatic heterocycles. The molecule has 3 N–H and O–H groups in total. The molecule has 12 heavy (non-hydrogen) atoms. The quantitative estimate of drug-likeness (QED) is 0.673. The minimum absolute atomic E-state index is 0.248. The summed E-state index contributed by atoms with van der Waals surface area (Å²) < 4.78 is 0. The number of likely N-dealkylation sites (N-methyl/N-ethyl adjacent to an activating group) is 1. The minimum atomic E-state index is 0.248. The van der Waals surface area contributed by atoms with Crippen LogP contribution in [0.15, 0.2) is 0 Å². The lowest BCUT2D eigenvalue weighted by molar-refractivity contribution is 0.295. The largest absolute Gasteiger partial charge is 0.329 e. The summed E-state index contributed by atoms with van der Waals surface area (Å²) in [6.45, 7) is 8.64. The van der Waals surface area contributed by atoms with Crippen molar-refractivity contribution in [2.75, 3.05) is 13.1 Å². The first-order valence-electron chi connectivity index (χ1n) is 4.99. The van der Waals surface area contributed by atoms with Gasteiger partial charge in [-0.15, -0.1) is 0 Å². The Morgan fingerprint density at radius 1 is 1.33 bits per heavy atom. The third-order valence-corrected chi connectivity index (χ3v) is 3.04. The summed E-state index contributed by atoms with van der Waals surface area (Å²) in [6.07, 6.45) is 3.77. The molecule has 0 saturated heterocycles. The van der Waals surface area contributed by atoms with Gasteiger partial charge in [-0.05, 0) is 31.2 Å². The monoisotopic (exact) mass is 170 g/mol. The average Bonchev–Trinajstić information content (AvgIpc) is 2.29. The Labute approximate surface area is 75.9 Å². The van der Waals surface area contributed by atoms with E-state index in [2.05, 4.69) is 26.1 Å². The average molecular weight is 170 g/mol. The highest BCUT2D eigenvalue weighted by molar-refractivity contribution is 5.00. The number of nitrogens with one attached hydrogen (secondary N) is 1. The maximum Gasteiger partial charge on any atom is 0.0309 e. The molecule has 0 heterocycles. The first-order chi connectivity index (χ1) is 5.54. The van der Waals surface area contributed by atoms with Crippen molar-refractivity contribution in [3.63, 3.8) is 0 Å². The normalized spacial score (nSPS) is 34.0. The van der Waals surface area contributed by atoms with Crippen molar-refractivity contribution < 1.29 is 0 Å². The Hall–Kier alpha value is -0.0800. The Morgan fingerprint density at radius 2 is 2.00 bits per heavy atom. The summed E-state index contributed by atoms with van der Waals surface area (Å²) in [4.78, 5) is 0. The summed E-state index contributed by atoms with van der Waals surface area (Å²) in [6, 6.07) is 0. The van der Waals surface area contributed by atoms with Gasteiger partial charge in [-0.2, -0.15) is 0 Å². The van der Waals surface area contributed by atoms with Gasteiger partial charge in [0.25, 0.3) is 0 Å². The molecule has 0 aromatic carbocycles. The zero-order chi connectivity index (χ0) is 9.24. The first-order valence-corrected chi connectivity index (χ1v) is 4.99. The molecule has 1 fully saturated rings. The summed E-state index contributed by atoms with van der Waals surface area (Å²) >= 11 is 0. The molecule has 1 rings (SSSR count). The van der Waals surface area contributed by atoms with Crippen LogP contribution in [0, 0.1) is 5.41 Å². The Kier molecular flexibility index (Phi) is 2.79. The highest BCUT2D eigenvalue weighted by atomic mass is 15.0. The lowest BCUT2D eigenvalue weighted by Gasteiger charge is -2.30. The van der Waals surface area contributed by atoms with E-state index in [-0.39, 0.29) is 5.54 Å². The van der Waals surface area contributed by atoms with Crippen LogP contribution in [0.25, 0.3) is 0 Å². The second-order valence-electron chi connectivity index (χ2n) is 4.86. The Bertz CT molecular complexity index is 154. The fourth-order valence-electron chi connectivity index (χ4n) is 2.44. The fraction of sp³-hybridized carbons (Fsp3) is 1.00. The van der Waals surface area contributed by atoms with E-state index in [9.17, 15) is 0 Å². The first kappa shape index (κ1) is 10.0. The van der Waals surface area contributed by atoms with Gasteiger partial charge in [0.2, 0.25) is 0 Å². The third kappa shape index (κ3) is 1.99. The van der Waals surface area contributed by atoms with E-state index in [1.54, 1.807) is 0 Å². The van der Waals surface area contributed by atoms with Crippen LogP contribution >= 0.6 is 0 Å². The van der Waals surface area contributed by atoms with Gasteiger partial charge in [-0.1, -0.05) is 20.8 Å². The fourth-order valence-corrected chi connectivity index (χ4v) is 2.44. The number of hydrogen-bond donors (Lipinski definition) is 2. The third-order valence-electron chi connectivity index (χ3n) is 3.04. The van der Waals surface area contributed by atoms with Gasteiger partial charge in [0.15, 0.2) is 0 Å². The van der Waals surface area contributed by atoms with Gasteiger partial charge in [0.1, 0.15) is 0 Å². The Balaban J connectivity index is 2.59. The van der Waals surface area contributed by atoms with E-state index >= 15 is 0 Å². The second kappa shape index (κ2) is 3.35. The van der Waals surface area contributed by atoms with Crippen LogP contribution in [-0.4, -0.2) is 18.6 Å². The van der Waals surface area contributed by atoms with Crippen molar-refractivity contribution in [1.29, 1.82) is 0 Å². The molecule has 0 aliphatic heterocycles. The smallest absolute Gasteiger partial charge is 0.0309 e. The van der Waals surface area contributed by atoms with Crippen LogP contribution in [0.3, 0.4) is 0 Å². The van der Waals surface area contributed by atoms with Gasteiger partial charge in [0, 0.05) is 12.1 Å². The number of rotatable bonds is 3. The highest BCUT2D eigenvalue weighted by Crippen LogP contribution is 2.42. The maximum atomic E-state index is 5.81. The zero-order valence-electron chi connectivity index (χ0n) is 8.61. The summed E-state index contributed by atoms with van der Waals surface area (Å²) in [5, 5.41) is 3.54. The van der Waals surface area contributed by atoms with Gasteiger partial charge in [0.05, 0.1) is 0 Å². The molecule has 0 amide bonds. The van der Waals surface area contributed by atoms with Crippen molar-refractivity contribution in [3.8, 4) is 0 Å². The van der Waals surface area contributed by atoms with E-state index in [0.717, 1.165) is 13.1 Å². The summed E-state index contributed by atoms with van der Waals surface area (Å²) in [5.74, 6) is 0. The van der Waals surface area contributed by atoms with Crippen molar-refractivity contribution >= 4 is 0 Å². The van der Waals surface area contributed by atoms with Gasteiger partial charge >= 0.3 is 0 Å². The van der Waals surface area contributed by atoms with Crippen LogP contribution in [0.2, 0.25) is 0 Å². The molecule has 1 unspecified atom stereocenters. The van der Waals surface area contributed by atoms with Crippen LogP contribution in [0.1, 0.15) is 40.0 Å². The summed E-state index contributed by atoms with van der Waals surface area (Å²) in [5.41, 5.74) is 6.55. The highest BCUT2D eigenvalue weighted by Gasteiger charge is 2.41. The van der Waals surface area contributed by atoms with Gasteiger partial charge in [-0.25, -0.2) is 0 Å². The predicted molar refractivity (Wildman–Crippen MR) is 53.1 cm³/mol. The number of hydrogen-bond acceptors (Lipinski definition) is 2. The molecule has 0 bridgehead atoms. The molecule has 0 spiro atoms. The van der Waals surface area contributed by atoms with Crippen molar-refractivity contribution in [3.05, 3.63) is 0 Å². The van der Waals surface area contributed by atoms with Crippen molar-refractivity contribution in [2.45, 2.75) is 45.6 Å². The molecular weight excluding hydrogens is 148 g/mol. The summed E-state index contributed by atoms with van der Waals surface area (Å²) in [7, 11) is 0. The minimum Gasteiger partial charge on any atom is -0.329 e. The van der Waals surface area contributed by atoms with E-state index in [1.165, 1.54) is 19.3 Å². The Morgan fingerprint density at radius 3 is 2.33 bits per heavy atom. The van der Waals surface area contributed by atoms with Gasteiger partial charge in [-0.3, -0.25) is 0 Å². The van der Waals surface area contributed by atoms with Crippen LogP contribution < -0.4 is 11.1 Å².